The summed E-state index contributed by atoms with van der Waals surface area (Å²) < 4.78 is 1.22. The third kappa shape index (κ3) is 1.33. The summed E-state index contributed by atoms with van der Waals surface area (Å²) in [6, 6.07) is 1.39. The Labute approximate surface area is 83.8 Å². The molecule has 0 aliphatic carbocycles. The molecule has 0 amide bonds. The number of nitrogens with zero attached hydrogens (tertiary/aromatic N) is 3. The lowest BCUT2D eigenvalue weighted by Gasteiger charge is -1.96. The topological polar surface area (TPSA) is 109 Å². The molecule has 78 valence electrons. The van der Waals surface area contributed by atoms with E-state index < -0.39 is 0 Å². The number of amidine groups is 1. The summed E-state index contributed by atoms with van der Waals surface area (Å²) in [4.78, 5) is 15.6. The van der Waals surface area contributed by atoms with Crippen LogP contribution in [0.5, 0.6) is 0 Å². The molecule has 0 spiro atoms. The molecule has 2 heterocycles. The number of hydrogen-bond donors (Lipinski definition) is 3. The molecule has 2 aromatic heterocycles. The van der Waals surface area contributed by atoms with Crippen molar-refractivity contribution in [2.45, 2.75) is 6.92 Å². The molecular formula is C8H9N5O2. The Morgan fingerprint density at radius 2 is 2.47 bits per heavy atom. The van der Waals surface area contributed by atoms with Crippen molar-refractivity contribution in [3.8, 4) is 0 Å². The van der Waals surface area contributed by atoms with Crippen LogP contribution in [0, 0.1) is 6.92 Å². The molecule has 0 fully saturated rings. The Bertz CT molecular complexity index is 595. The van der Waals surface area contributed by atoms with Crippen molar-refractivity contribution < 1.29 is 5.21 Å². The molecule has 2 aromatic rings. The van der Waals surface area contributed by atoms with Crippen LogP contribution in [0.4, 0.5) is 0 Å². The van der Waals surface area contributed by atoms with Crippen LogP contribution >= 0.6 is 0 Å². The van der Waals surface area contributed by atoms with Gasteiger partial charge in [0.25, 0.3) is 5.56 Å². The fraction of sp³-hybridized carbons (Fsp3) is 0.125. The Balaban J connectivity index is 2.86. The third-order valence-electron chi connectivity index (χ3n) is 2.01. The molecule has 7 heteroatoms. The highest BCUT2D eigenvalue weighted by molar-refractivity contribution is 6.02. The summed E-state index contributed by atoms with van der Waals surface area (Å²) in [5.74, 6) is -0.0914. The Morgan fingerprint density at radius 3 is 3.13 bits per heavy atom. The summed E-state index contributed by atoms with van der Waals surface area (Å²) in [5, 5.41) is 14.1. The quantitative estimate of drug-likeness (QED) is 0.251. The molecule has 2 rings (SSSR count). The van der Waals surface area contributed by atoms with E-state index in [0.717, 1.165) is 0 Å². The summed E-state index contributed by atoms with van der Waals surface area (Å²) in [7, 11) is 0. The van der Waals surface area contributed by atoms with Gasteiger partial charge in [0.05, 0.1) is 5.56 Å². The maximum atomic E-state index is 11.5. The van der Waals surface area contributed by atoms with E-state index in [9.17, 15) is 4.79 Å². The molecule has 0 aliphatic rings. The molecule has 0 unspecified atom stereocenters. The Kier molecular flexibility index (Phi) is 1.93. The lowest BCUT2D eigenvalue weighted by atomic mass is 10.3. The van der Waals surface area contributed by atoms with E-state index >= 15 is 0 Å². The molecule has 0 radical (unpaired) electrons. The van der Waals surface area contributed by atoms with Gasteiger partial charge in [-0.3, -0.25) is 9.89 Å². The van der Waals surface area contributed by atoms with Crippen LogP contribution in [-0.2, 0) is 0 Å². The second kappa shape index (κ2) is 3.12. The van der Waals surface area contributed by atoms with Gasteiger partial charge in [-0.25, -0.2) is 9.50 Å². The van der Waals surface area contributed by atoms with Crippen LogP contribution in [0.1, 0.15) is 11.3 Å². The van der Waals surface area contributed by atoms with E-state index in [2.05, 4.69) is 15.2 Å². The van der Waals surface area contributed by atoms with Crippen LogP contribution < -0.4 is 11.3 Å². The molecule has 4 N–H and O–H groups in total. The number of aryl methyl sites for hydroxylation is 1. The van der Waals surface area contributed by atoms with Gasteiger partial charge < -0.3 is 10.9 Å². The number of nitrogens with two attached hydrogens (primary N) is 1. The first-order valence-electron chi connectivity index (χ1n) is 4.19. The van der Waals surface area contributed by atoms with Crippen molar-refractivity contribution in [2.24, 2.45) is 10.9 Å². The van der Waals surface area contributed by atoms with Gasteiger partial charge >= 0.3 is 0 Å². The molecule has 0 saturated heterocycles. The number of H-pyrrole nitrogens is 1. The van der Waals surface area contributed by atoms with Crippen molar-refractivity contribution in [1.82, 2.24) is 14.6 Å². The predicted octanol–water partition coefficient (Wildman–Crippen LogP) is -0.574. The predicted molar refractivity (Wildman–Crippen MR) is 53.1 cm³/mol. The van der Waals surface area contributed by atoms with E-state index in [1.54, 1.807) is 6.92 Å². The second-order valence-corrected chi connectivity index (χ2v) is 3.07. The third-order valence-corrected chi connectivity index (χ3v) is 2.01. The van der Waals surface area contributed by atoms with Gasteiger partial charge in [-0.15, -0.1) is 0 Å². The maximum absolute atomic E-state index is 11.5. The lowest BCUT2D eigenvalue weighted by Crippen LogP contribution is -2.17. The van der Waals surface area contributed by atoms with Crippen LogP contribution in [0.15, 0.2) is 22.2 Å². The van der Waals surface area contributed by atoms with E-state index in [0.29, 0.717) is 16.9 Å². The van der Waals surface area contributed by atoms with Gasteiger partial charge in [0.2, 0.25) is 0 Å². The minimum absolute atomic E-state index is 0.0914. The van der Waals surface area contributed by atoms with Crippen LogP contribution in [0.3, 0.4) is 0 Å². The first-order chi connectivity index (χ1) is 7.13. The SMILES string of the molecule is Cc1cc(=O)n2[nH]cc(/C(N)=N/O)c2n1. The van der Waals surface area contributed by atoms with Crippen molar-refractivity contribution in [3.63, 3.8) is 0 Å². The average molecular weight is 207 g/mol. The first-order valence-corrected chi connectivity index (χ1v) is 4.19. The number of aromatic nitrogens is 3. The van der Waals surface area contributed by atoms with Gasteiger partial charge in [0, 0.05) is 18.0 Å². The van der Waals surface area contributed by atoms with Gasteiger partial charge in [0.1, 0.15) is 0 Å². The lowest BCUT2D eigenvalue weighted by molar-refractivity contribution is 0.318. The molecular weight excluding hydrogens is 198 g/mol. The summed E-state index contributed by atoms with van der Waals surface area (Å²) in [6.07, 6.45) is 1.46. The van der Waals surface area contributed by atoms with E-state index in [1.807, 2.05) is 0 Å². The highest BCUT2D eigenvalue weighted by atomic mass is 16.4. The van der Waals surface area contributed by atoms with Gasteiger partial charge in [-0.1, -0.05) is 5.16 Å². The minimum atomic E-state index is -0.241. The van der Waals surface area contributed by atoms with Crippen molar-refractivity contribution in [3.05, 3.63) is 33.9 Å². The van der Waals surface area contributed by atoms with Crippen LogP contribution in [0.2, 0.25) is 0 Å². The monoisotopic (exact) mass is 207 g/mol. The molecule has 0 aromatic carbocycles. The van der Waals surface area contributed by atoms with Gasteiger partial charge in [-0.05, 0) is 6.92 Å². The van der Waals surface area contributed by atoms with Crippen LogP contribution in [-0.4, -0.2) is 25.6 Å². The number of hydrogen-bond acceptors (Lipinski definition) is 4. The smallest absolute Gasteiger partial charge is 0.272 e. The van der Waals surface area contributed by atoms with Crippen molar-refractivity contribution in [2.75, 3.05) is 0 Å². The minimum Gasteiger partial charge on any atom is -0.409 e. The molecule has 0 atom stereocenters. The van der Waals surface area contributed by atoms with Crippen molar-refractivity contribution in [1.29, 1.82) is 0 Å². The van der Waals surface area contributed by atoms with Crippen LogP contribution in [0.25, 0.3) is 5.65 Å². The molecule has 0 bridgehead atoms. The van der Waals surface area contributed by atoms with Gasteiger partial charge in [0.15, 0.2) is 11.5 Å². The Hall–Kier alpha value is -2.31. The maximum Gasteiger partial charge on any atom is 0.272 e. The number of fused-ring (bicyclic) bond motifs is 1. The normalized spacial score (nSPS) is 12.2. The first kappa shape index (κ1) is 9.25. The largest absolute Gasteiger partial charge is 0.409 e. The summed E-state index contributed by atoms with van der Waals surface area (Å²) in [5.41, 5.74) is 6.49. The highest BCUT2D eigenvalue weighted by Crippen LogP contribution is 2.05. The summed E-state index contributed by atoms with van der Waals surface area (Å²) in [6.45, 7) is 1.70. The fourth-order valence-electron chi connectivity index (χ4n) is 1.34. The van der Waals surface area contributed by atoms with E-state index in [-0.39, 0.29) is 11.4 Å². The zero-order valence-electron chi connectivity index (χ0n) is 7.93. The molecule has 0 saturated carbocycles. The van der Waals surface area contributed by atoms with Gasteiger partial charge in [-0.2, -0.15) is 0 Å². The summed E-state index contributed by atoms with van der Waals surface area (Å²) >= 11 is 0. The highest BCUT2D eigenvalue weighted by Gasteiger charge is 2.10. The van der Waals surface area contributed by atoms with E-state index in [4.69, 9.17) is 10.9 Å². The van der Waals surface area contributed by atoms with Crippen molar-refractivity contribution >= 4 is 11.5 Å². The number of aromatic amines is 1. The average Bonchev–Trinajstić information content (AvgIpc) is 2.60. The molecule has 15 heavy (non-hydrogen) atoms. The second-order valence-electron chi connectivity index (χ2n) is 3.07. The zero-order valence-corrected chi connectivity index (χ0v) is 7.93. The zero-order chi connectivity index (χ0) is 11.0. The number of rotatable bonds is 1. The Morgan fingerprint density at radius 1 is 1.73 bits per heavy atom. The molecule has 7 nitrogen and oxygen atoms in total. The standard InChI is InChI=1S/C8H9N5O2/c1-4-2-6(14)13-8(11-4)5(3-10-13)7(9)12-15/h2-3,10,15H,1H3,(H2,9,12). The number of nitrogens with one attached hydrogen (secondary N) is 1. The van der Waals surface area contributed by atoms with E-state index in [1.165, 1.54) is 16.8 Å². The molecule has 0 aliphatic heterocycles. The number of oxime groups is 1. The fourth-order valence-corrected chi connectivity index (χ4v) is 1.34.